The summed E-state index contributed by atoms with van der Waals surface area (Å²) in [5.41, 5.74) is -0.850. The Labute approximate surface area is 117 Å². The molecule has 0 radical (unpaired) electrons. The average molecular weight is 279 g/mol. The maximum absolute atomic E-state index is 12.4. The van der Waals surface area contributed by atoms with Crippen molar-refractivity contribution in [2.45, 2.75) is 25.9 Å². The maximum Gasteiger partial charge on any atom is 0.270 e. The zero-order valence-corrected chi connectivity index (χ0v) is 12.1. The normalized spacial score (nSPS) is 27.6. The van der Waals surface area contributed by atoms with E-state index in [1.807, 2.05) is 19.1 Å². The Morgan fingerprint density at radius 3 is 2.84 bits per heavy atom. The van der Waals surface area contributed by atoms with Gasteiger partial charge in [-0.3, -0.25) is 13.9 Å². The van der Waals surface area contributed by atoms with Gasteiger partial charge in [0.05, 0.1) is 5.75 Å². The summed E-state index contributed by atoms with van der Waals surface area (Å²) in [5, 5.41) is 0. The first-order valence-corrected chi connectivity index (χ1v) is 7.16. The van der Waals surface area contributed by atoms with Crippen LogP contribution in [-0.2, 0) is 14.3 Å². The fourth-order valence-electron chi connectivity index (χ4n) is 1.98. The van der Waals surface area contributed by atoms with Gasteiger partial charge in [0.25, 0.3) is 5.91 Å². The van der Waals surface area contributed by atoms with E-state index in [9.17, 15) is 9.59 Å². The molecule has 2 aliphatic heterocycles. The first-order valence-electron chi connectivity index (χ1n) is 6.22. The molecule has 5 heteroatoms. The third-order valence-electron chi connectivity index (χ3n) is 3.08. The van der Waals surface area contributed by atoms with Crippen molar-refractivity contribution in [1.82, 2.24) is 4.31 Å². The van der Waals surface area contributed by atoms with Crippen LogP contribution in [0.4, 0.5) is 0 Å². The highest BCUT2D eigenvalue weighted by Gasteiger charge is 2.48. The van der Waals surface area contributed by atoms with Gasteiger partial charge in [-0.25, -0.2) is 0 Å². The third kappa shape index (κ3) is 2.47. The van der Waals surface area contributed by atoms with Crippen LogP contribution in [0.2, 0.25) is 0 Å². The van der Waals surface area contributed by atoms with Gasteiger partial charge in [0, 0.05) is 7.05 Å². The van der Waals surface area contributed by atoms with Crippen LogP contribution >= 0.6 is 11.9 Å². The van der Waals surface area contributed by atoms with Crippen LogP contribution in [0.5, 0.6) is 0 Å². The van der Waals surface area contributed by atoms with Gasteiger partial charge in [-0.1, -0.05) is 25.2 Å². The quantitative estimate of drug-likeness (QED) is 0.451. The van der Waals surface area contributed by atoms with Gasteiger partial charge in [-0.15, -0.1) is 0 Å². The van der Waals surface area contributed by atoms with Gasteiger partial charge >= 0.3 is 0 Å². The highest BCUT2D eigenvalue weighted by atomic mass is 32.2. The molecule has 2 heterocycles. The molecular weight excluding hydrogens is 262 g/mol. The van der Waals surface area contributed by atoms with Crippen LogP contribution in [0, 0.1) is 0 Å². The zero-order chi connectivity index (χ0) is 14.0. The molecule has 0 unspecified atom stereocenters. The number of rotatable bonds is 3. The number of amides is 1. The minimum atomic E-state index is -1.05. The van der Waals surface area contributed by atoms with Crippen molar-refractivity contribution >= 4 is 23.6 Å². The molecule has 19 heavy (non-hydrogen) atoms. The summed E-state index contributed by atoms with van der Waals surface area (Å²) in [5.74, 6) is 0.514. The summed E-state index contributed by atoms with van der Waals surface area (Å²) in [6, 6.07) is 0. The van der Waals surface area contributed by atoms with Crippen molar-refractivity contribution in [2.75, 3.05) is 12.8 Å². The number of Topliss-reactive ketones (excluding diaryl/α,β-unsaturated/α-hetero) is 1. The molecule has 0 bridgehead atoms. The maximum atomic E-state index is 12.4. The monoisotopic (exact) mass is 279 g/mol. The number of hydrogen-bond donors (Lipinski definition) is 0. The lowest BCUT2D eigenvalue weighted by Gasteiger charge is -2.21. The number of hydrogen-bond acceptors (Lipinski definition) is 4. The SMILES string of the molecule is CC/C=C/C=C/[C@@]1(C)OC2=C(C(=O)N(C)SC2)C1=O. The van der Waals surface area contributed by atoms with Gasteiger partial charge < -0.3 is 4.74 Å². The summed E-state index contributed by atoms with van der Waals surface area (Å²) in [6.07, 6.45) is 8.30. The predicted octanol–water partition coefficient (Wildman–Crippen LogP) is 2.24. The first-order chi connectivity index (χ1) is 8.99. The highest BCUT2D eigenvalue weighted by Crippen LogP contribution is 2.38. The fraction of sp³-hybridized carbons (Fsp3) is 0.429. The molecule has 0 aromatic heterocycles. The second-order valence-electron chi connectivity index (χ2n) is 4.61. The molecule has 0 N–H and O–H groups in total. The summed E-state index contributed by atoms with van der Waals surface area (Å²) in [6.45, 7) is 3.73. The number of ketones is 1. The second kappa shape index (κ2) is 5.25. The molecule has 0 fully saturated rings. The van der Waals surface area contributed by atoms with Crippen LogP contribution in [-0.4, -0.2) is 34.4 Å². The van der Waals surface area contributed by atoms with Crippen LogP contribution in [0.25, 0.3) is 0 Å². The van der Waals surface area contributed by atoms with Crippen molar-refractivity contribution in [3.05, 3.63) is 35.6 Å². The van der Waals surface area contributed by atoms with Gasteiger partial charge in [-0.05, 0) is 31.4 Å². The van der Waals surface area contributed by atoms with E-state index in [2.05, 4.69) is 0 Å². The Balaban J connectivity index is 2.22. The lowest BCUT2D eigenvalue weighted by atomic mass is 9.95. The lowest BCUT2D eigenvalue weighted by Crippen LogP contribution is -2.35. The Morgan fingerprint density at radius 2 is 2.16 bits per heavy atom. The van der Waals surface area contributed by atoms with E-state index in [1.54, 1.807) is 26.1 Å². The summed E-state index contributed by atoms with van der Waals surface area (Å²) in [7, 11) is 1.67. The number of ether oxygens (including phenoxy) is 1. The second-order valence-corrected chi connectivity index (χ2v) is 5.70. The van der Waals surface area contributed by atoms with Crippen molar-refractivity contribution in [3.8, 4) is 0 Å². The summed E-state index contributed by atoms with van der Waals surface area (Å²) in [4.78, 5) is 24.4. The van der Waals surface area contributed by atoms with E-state index in [0.717, 1.165) is 6.42 Å². The Morgan fingerprint density at radius 1 is 1.42 bits per heavy atom. The first kappa shape index (κ1) is 13.9. The molecule has 0 aromatic carbocycles. The van der Waals surface area contributed by atoms with E-state index < -0.39 is 5.60 Å². The van der Waals surface area contributed by atoms with Crippen LogP contribution in [0.3, 0.4) is 0 Å². The van der Waals surface area contributed by atoms with E-state index in [1.165, 1.54) is 16.3 Å². The predicted molar refractivity (Wildman–Crippen MR) is 75.3 cm³/mol. The largest absolute Gasteiger partial charge is 0.478 e. The third-order valence-corrected chi connectivity index (χ3v) is 4.02. The molecule has 2 aliphatic rings. The Hall–Kier alpha value is -1.49. The van der Waals surface area contributed by atoms with Crippen molar-refractivity contribution in [1.29, 1.82) is 0 Å². The average Bonchev–Trinajstić information content (AvgIpc) is 2.63. The molecule has 0 spiro atoms. The lowest BCUT2D eigenvalue weighted by molar-refractivity contribution is -0.128. The zero-order valence-electron chi connectivity index (χ0n) is 11.3. The molecule has 1 amide bonds. The summed E-state index contributed by atoms with van der Waals surface area (Å²) >= 11 is 1.35. The van der Waals surface area contributed by atoms with Crippen molar-refractivity contribution in [2.24, 2.45) is 0 Å². The Bertz CT molecular complexity index is 507. The Kier molecular flexibility index (Phi) is 3.85. The van der Waals surface area contributed by atoms with E-state index >= 15 is 0 Å². The van der Waals surface area contributed by atoms with Gasteiger partial charge in [0.15, 0.2) is 5.60 Å². The van der Waals surface area contributed by atoms with Gasteiger partial charge in [-0.2, -0.15) is 0 Å². The minimum Gasteiger partial charge on any atom is -0.478 e. The molecule has 1 atom stereocenters. The molecule has 0 saturated heterocycles. The summed E-state index contributed by atoms with van der Waals surface area (Å²) < 4.78 is 7.18. The molecule has 4 nitrogen and oxygen atoms in total. The smallest absolute Gasteiger partial charge is 0.270 e. The van der Waals surface area contributed by atoms with Gasteiger partial charge in [0.1, 0.15) is 11.3 Å². The number of nitrogens with zero attached hydrogens (tertiary/aromatic N) is 1. The molecular formula is C14H17NO3S. The molecule has 0 saturated carbocycles. The molecule has 2 rings (SSSR count). The standard InChI is InChI=1S/C14H17NO3S/c1-4-5-6-7-8-14(2)12(16)11-10(18-14)9-19-15(3)13(11)17/h5-8H,4,9H2,1-3H3/b6-5+,8-7+/t14-/m1/s1. The fourth-order valence-corrected chi connectivity index (χ4v) is 2.70. The number of allylic oxidation sites excluding steroid dienone is 3. The number of carbonyl (C=O) groups is 2. The van der Waals surface area contributed by atoms with Crippen LogP contribution in [0.1, 0.15) is 20.3 Å². The molecule has 0 aliphatic carbocycles. The van der Waals surface area contributed by atoms with Crippen LogP contribution in [0.15, 0.2) is 35.6 Å². The number of likely N-dealkylation sites (N-methyl/N-ethyl adjacent to an activating group) is 1. The van der Waals surface area contributed by atoms with E-state index in [0.29, 0.717) is 11.5 Å². The van der Waals surface area contributed by atoms with Crippen molar-refractivity contribution < 1.29 is 14.3 Å². The minimum absolute atomic E-state index is 0.202. The number of carbonyl (C=O) groups excluding carboxylic acids is 2. The van der Waals surface area contributed by atoms with E-state index in [-0.39, 0.29) is 17.3 Å². The van der Waals surface area contributed by atoms with Crippen LogP contribution < -0.4 is 0 Å². The topological polar surface area (TPSA) is 46.6 Å². The highest BCUT2D eigenvalue weighted by molar-refractivity contribution is 7.97. The van der Waals surface area contributed by atoms with E-state index in [4.69, 9.17) is 4.74 Å². The van der Waals surface area contributed by atoms with Crippen molar-refractivity contribution in [3.63, 3.8) is 0 Å². The molecule has 0 aromatic rings. The molecule has 102 valence electrons. The van der Waals surface area contributed by atoms with Gasteiger partial charge in [0.2, 0.25) is 5.78 Å².